The monoisotopic (exact) mass is 300 g/mol. The second-order valence-corrected chi connectivity index (χ2v) is 5.79. The van der Waals surface area contributed by atoms with Crippen LogP contribution in [0.5, 0.6) is 0 Å². The van der Waals surface area contributed by atoms with E-state index in [4.69, 9.17) is 5.73 Å². The number of thioether (sulfide) groups is 1. The second kappa shape index (κ2) is 7.74. The fourth-order valence-corrected chi connectivity index (χ4v) is 2.49. The number of rotatable bonds is 6. The Labute approximate surface area is 129 Å². The van der Waals surface area contributed by atoms with Crippen LogP contribution in [0.2, 0.25) is 0 Å². The fourth-order valence-electron chi connectivity index (χ4n) is 2.05. The van der Waals surface area contributed by atoms with Crippen LogP contribution in [0.4, 0.5) is 5.69 Å². The van der Waals surface area contributed by atoms with E-state index >= 15 is 0 Å². The highest BCUT2D eigenvalue weighted by molar-refractivity contribution is 7.98. The number of amides is 1. The van der Waals surface area contributed by atoms with Gasteiger partial charge in [0.2, 0.25) is 0 Å². The van der Waals surface area contributed by atoms with E-state index in [-0.39, 0.29) is 5.91 Å². The molecule has 0 aliphatic rings. The van der Waals surface area contributed by atoms with E-state index in [9.17, 15) is 4.79 Å². The molecule has 3 nitrogen and oxygen atoms in total. The molecular weight excluding hydrogens is 280 g/mol. The Bertz CT molecular complexity index is 596. The summed E-state index contributed by atoms with van der Waals surface area (Å²) in [5.41, 5.74) is 9.33. The standard InChI is InChI=1S/C17H20N2OS/c1-21-11-3-10-19-17(20)14-8-6-13(7-9-14)15-4-2-5-16(18)12-15/h2,4-9,12H,3,10-11,18H2,1H3,(H,19,20). The maximum Gasteiger partial charge on any atom is 0.251 e. The smallest absolute Gasteiger partial charge is 0.251 e. The topological polar surface area (TPSA) is 55.1 Å². The molecule has 4 heteroatoms. The zero-order valence-electron chi connectivity index (χ0n) is 12.1. The molecule has 0 saturated carbocycles. The van der Waals surface area contributed by atoms with Gasteiger partial charge in [-0.1, -0.05) is 24.3 Å². The van der Waals surface area contributed by atoms with Gasteiger partial charge in [-0.05, 0) is 53.8 Å². The summed E-state index contributed by atoms with van der Waals surface area (Å²) < 4.78 is 0. The van der Waals surface area contributed by atoms with E-state index in [0.717, 1.165) is 35.5 Å². The lowest BCUT2D eigenvalue weighted by Gasteiger charge is -2.06. The van der Waals surface area contributed by atoms with Crippen LogP contribution in [0.3, 0.4) is 0 Å². The molecule has 0 spiro atoms. The lowest BCUT2D eigenvalue weighted by molar-refractivity contribution is 0.0954. The van der Waals surface area contributed by atoms with Crippen LogP contribution in [-0.2, 0) is 0 Å². The molecule has 2 rings (SSSR count). The van der Waals surface area contributed by atoms with Crippen LogP contribution in [0.1, 0.15) is 16.8 Å². The van der Waals surface area contributed by atoms with Gasteiger partial charge in [-0.2, -0.15) is 11.8 Å². The van der Waals surface area contributed by atoms with Crippen molar-refractivity contribution in [2.24, 2.45) is 0 Å². The van der Waals surface area contributed by atoms with E-state index in [1.54, 1.807) is 11.8 Å². The molecule has 0 aliphatic heterocycles. The third-order valence-electron chi connectivity index (χ3n) is 3.18. The van der Waals surface area contributed by atoms with Gasteiger partial charge in [-0.3, -0.25) is 4.79 Å². The van der Waals surface area contributed by atoms with Gasteiger partial charge in [0, 0.05) is 17.8 Å². The molecule has 2 aromatic rings. The Morgan fingerprint density at radius 2 is 1.90 bits per heavy atom. The molecule has 110 valence electrons. The van der Waals surface area contributed by atoms with E-state index in [0.29, 0.717) is 5.56 Å². The lowest BCUT2D eigenvalue weighted by atomic mass is 10.0. The predicted octanol–water partition coefficient (Wildman–Crippen LogP) is 3.42. The summed E-state index contributed by atoms with van der Waals surface area (Å²) in [6, 6.07) is 15.3. The summed E-state index contributed by atoms with van der Waals surface area (Å²) >= 11 is 1.79. The summed E-state index contributed by atoms with van der Waals surface area (Å²) in [5.74, 6) is 1.05. The number of anilines is 1. The number of nitrogens with one attached hydrogen (secondary N) is 1. The summed E-state index contributed by atoms with van der Waals surface area (Å²) in [6.45, 7) is 0.719. The van der Waals surface area contributed by atoms with Crippen LogP contribution in [0.15, 0.2) is 48.5 Å². The highest BCUT2D eigenvalue weighted by Gasteiger charge is 2.05. The molecule has 0 fully saturated rings. The highest BCUT2D eigenvalue weighted by Crippen LogP contribution is 2.21. The number of benzene rings is 2. The molecule has 0 radical (unpaired) electrons. The quantitative estimate of drug-likeness (QED) is 0.635. The van der Waals surface area contributed by atoms with Crippen molar-refractivity contribution in [1.82, 2.24) is 5.32 Å². The third kappa shape index (κ3) is 4.53. The van der Waals surface area contributed by atoms with Crippen molar-refractivity contribution in [3.63, 3.8) is 0 Å². The van der Waals surface area contributed by atoms with Crippen molar-refractivity contribution in [3.8, 4) is 11.1 Å². The minimum absolute atomic E-state index is 0.0183. The maximum atomic E-state index is 12.0. The molecule has 0 aliphatic carbocycles. The maximum absolute atomic E-state index is 12.0. The SMILES string of the molecule is CSCCCNC(=O)c1ccc(-c2cccc(N)c2)cc1. The molecule has 0 bridgehead atoms. The Morgan fingerprint density at radius 3 is 2.57 bits per heavy atom. The van der Waals surface area contributed by atoms with Crippen LogP contribution in [0, 0.1) is 0 Å². The summed E-state index contributed by atoms with van der Waals surface area (Å²) in [4.78, 5) is 12.0. The van der Waals surface area contributed by atoms with Gasteiger partial charge in [0.1, 0.15) is 0 Å². The first-order chi connectivity index (χ1) is 10.2. The normalized spacial score (nSPS) is 10.3. The van der Waals surface area contributed by atoms with Gasteiger partial charge < -0.3 is 11.1 Å². The Morgan fingerprint density at radius 1 is 1.14 bits per heavy atom. The Kier molecular flexibility index (Phi) is 5.69. The first-order valence-electron chi connectivity index (χ1n) is 6.94. The van der Waals surface area contributed by atoms with Crippen molar-refractivity contribution in [1.29, 1.82) is 0 Å². The predicted molar refractivity (Wildman–Crippen MR) is 91.6 cm³/mol. The first kappa shape index (κ1) is 15.4. The zero-order valence-corrected chi connectivity index (χ0v) is 13.0. The van der Waals surface area contributed by atoms with Crippen LogP contribution >= 0.6 is 11.8 Å². The van der Waals surface area contributed by atoms with E-state index in [2.05, 4.69) is 11.6 Å². The van der Waals surface area contributed by atoms with Crippen molar-refractivity contribution < 1.29 is 4.79 Å². The van der Waals surface area contributed by atoms with Crippen LogP contribution in [0.25, 0.3) is 11.1 Å². The number of nitrogen functional groups attached to an aromatic ring is 1. The van der Waals surface area contributed by atoms with Gasteiger partial charge in [-0.15, -0.1) is 0 Å². The Hall–Kier alpha value is -1.94. The third-order valence-corrected chi connectivity index (χ3v) is 3.87. The number of hydrogen-bond donors (Lipinski definition) is 2. The average molecular weight is 300 g/mol. The van der Waals surface area contributed by atoms with Gasteiger partial charge in [0.05, 0.1) is 0 Å². The number of hydrogen-bond acceptors (Lipinski definition) is 3. The minimum Gasteiger partial charge on any atom is -0.399 e. The zero-order chi connectivity index (χ0) is 15.1. The van der Waals surface area contributed by atoms with Crippen LogP contribution in [-0.4, -0.2) is 24.5 Å². The largest absolute Gasteiger partial charge is 0.399 e. The van der Waals surface area contributed by atoms with Crippen molar-refractivity contribution in [2.75, 3.05) is 24.3 Å². The van der Waals surface area contributed by atoms with Gasteiger partial charge in [-0.25, -0.2) is 0 Å². The van der Waals surface area contributed by atoms with E-state index in [1.165, 1.54) is 0 Å². The molecule has 0 heterocycles. The number of carbonyl (C=O) groups is 1. The van der Waals surface area contributed by atoms with Crippen molar-refractivity contribution in [3.05, 3.63) is 54.1 Å². The molecule has 2 aromatic carbocycles. The molecular formula is C17H20N2OS. The van der Waals surface area contributed by atoms with Gasteiger partial charge in [0.25, 0.3) is 5.91 Å². The first-order valence-corrected chi connectivity index (χ1v) is 8.33. The van der Waals surface area contributed by atoms with Crippen molar-refractivity contribution in [2.45, 2.75) is 6.42 Å². The number of carbonyl (C=O) groups excluding carboxylic acids is 1. The van der Waals surface area contributed by atoms with E-state index < -0.39 is 0 Å². The van der Waals surface area contributed by atoms with Gasteiger partial charge >= 0.3 is 0 Å². The molecule has 0 saturated heterocycles. The minimum atomic E-state index is -0.0183. The Balaban J connectivity index is 2.00. The molecule has 0 atom stereocenters. The molecule has 0 aromatic heterocycles. The summed E-state index contributed by atoms with van der Waals surface area (Å²) in [7, 11) is 0. The van der Waals surface area contributed by atoms with Crippen LogP contribution < -0.4 is 11.1 Å². The molecule has 1 amide bonds. The average Bonchev–Trinajstić information content (AvgIpc) is 2.51. The highest BCUT2D eigenvalue weighted by atomic mass is 32.2. The molecule has 3 N–H and O–H groups in total. The van der Waals surface area contributed by atoms with Crippen molar-refractivity contribution >= 4 is 23.4 Å². The summed E-state index contributed by atoms with van der Waals surface area (Å²) in [6.07, 6.45) is 3.06. The fraction of sp³-hybridized carbons (Fsp3) is 0.235. The summed E-state index contributed by atoms with van der Waals surface area (Å²) in [5, 5.41) is 2.93. The molecule has 0 unspecified atom stereocenters. The lowest BCUT2D eigenvalue weighted by Crippen LogP contribution is -2.24. The number of nitrogens with two attached hydrogens (primary N) is 1. The van der Waals surface area contributed by atoms with Gasteiger partial charge in [0.15, 0.2) is 0 Å². The van der Waals surface area contributed by atoms with E-state index in [1.807, 2.05) is 48.5 Å². The molecule has 21 heavy (non-hydrogen) atoms. The second-order valence-electron chi connectivity index (χ2n) is 4.81.